The molecular weight excluding hydrogens is 266 g/mol. The van der Waals surface area contributed by atoms with Gasteiger partial charge in [0.15, 0.2) is 5.96 Å². The Morgan fingerprint density at radius 3 is 2.24 bits per heavy atom. The third-order valence-corrected chi connectivity index (χ3v) is 3.63. The number of aldehydes is 1. The molecule has 5 heteroatoms. The van der Waals surface area contributed by atoms with Crippen LogP contribution >= 0.6 is 0 Å². The maximum Gasteiger partial charge on any atom is 0.185 e. The topological polar surface area (TPSA) is 98.5 Å². The molecule has 0 spiro atoms. The molecule has 0 aliphatic heterocycles. The second-order valence-corrected chi connectivity index (χ2v) is 6.50. The van der Waals surface area contributed by atoms with Gasteiger partial charge in [-0.15, -0.1) is 0 Å². The van der Waals surface area contributed by atoms with Gasteiger partial charge in [0.1, 0.15) is 12.1 Å². The SMILES string of the molecule is CC(C)CC(C(=O)CC(C=O)CCCN=C(N)N)C(C)C. The standard InChI is InChI=1S/C16H31N3O2/c1-11(2)8-14(12(3)4)15(21)9-13(10-20)6-5-7-19-16(17)18/h10-14H,5-9H2,1-4H3,(H4,17,18,19). The number of carbonyl (C=O) groups is 2. The Kier molecular flexibility index (Phi) is 9.67. The zero-order valence-corrected chi connectivity index (χ0v) is 13.8. The Bertz CT molecular complexity index is 347. The summed E-state index contributed by atoms with van der Waals surface area (Å²) in [4.78, 5) is 27.4. The van der Waals surface area contributed by atoms with Crippen LogP contribution in [0.4, 0.5) is 0 Å². The molecule has 122 valence electrons. The lowest BCUT2D eigenvalue weighted by Gasteiger charge is -2.22. The van der Waals surface area contributed by atoms with Crippen LogP contribution in [0.1, 0.15) is 53.4 Å². The Balaban J connectivity index is 4.40. The van der Waals surface area contributed by atoms with Crippen molar-refractivity contribution in [3.63, 3.8) is 0 Å². The van der Waals surface area contributed by atoms with Crippen molar-refractivity contribution in [2.75, 3.05) is 6.54 Å². The molecule has 0 saturated heterocycles. The normalized spacial score (nSPS) is 14.0. The van der Waals surface area contributed by atoms with Crippen molar-refractivity contribution < 1.29 is 9.59 Å². The van der Waals surface area contributed by atoms with Gasteiger partial charge in [-0.1, -0.05) is 27.7 Å². The van der Waals surface area contributed by atoms with Gasteiger partial charge >= 0.3 is 0 Å². The van der Waals surface area contributed by atoms with Crippen molar-refractivity contribution in [2.45, 2.75) is 53.4 Å². The average molecular weight is 297 g/mol. The zero-order chi connectivity index (χ0) is 16.4. The van der Waals surface area contributed by atoms with Crippen LogP contribution in [0.3, 0.4) is 0 Å². The number of nitrogens with zero attached hydrogens (tertiary/aromatic N) is 1. The highest BCUT2D eigenvalue weighted by Gasteiger charge is 2.25. The molecule has 0 radical (unpaired) electrons. The van der Waals surface area contributed by atoms with Crippen LogP contribution < -0.4 is 11.5 Å². The first-order valence-corrected chi connectivity index (χ1v) is 7.81. The number of nitrogens with two attached hydrogens (primary N) is 2. The van der Waals surface area contributed by atoms with Crippen LogP contribution in [-0.2, 0) is 9.59 Å². The molecule has 21 heavy (non-hydrogen) atoms. The molecule has 0 amide bonds. The predicted octanol–water partition coefficient (Wildman–Crippen LogP) is 2.13. The maximum atomic E-state index is 12.4. The molecule has 2 unspecified atom stereocenters. The van der Waals surface area contributed by atoms with E-state index in [0.717, 1.165) is 12.7 Å². The molecule has 0 aromatic rings. The lowest BCUT2D eigenvalue weighted by atomic mass is 9.81. The van der Waals surface area contributed by atoms with Crippen LogP contribution in [0.2, 0.25) is 0 Å². The number of rotatable bonds is 11. The first kappa shape index (κ1) is 19.6. The van der Waals surface area contributed by atoms with E-state index in [4.69, 9.17) is 11.5 Å². The number of hydrogen-bond acceptors (Lipinski definition) is 3. The first-order chi connectivity index (χ1) is 9.77. The van der Waals surface area contributed by atoms with Crippen molar-refractivity contribution in [3.8, 4) is 0 Å². The Hall–Kier alpha value is -1.39. The highest BCUT2D eigenvalue weighted by atomic mass is 16.1. The summed E-state index contributed by atoms with van der Waals surface area (Å²) < 4.78 is 0. The van der Waals surface area contributed by atoms with E-state index in [1.807, 2.05) is 0 Å². The van der Waals surface area contributed by atoms with E-state index < -0.39 is 0 Å². The number of Topliss-reactive ketones (excluding diaryl/α,β-unsaturated/α-hetero) is 1. The minimum atomic E-state index is -0.222. The summed E-state index contributed by atoms with van der Waals surface area (Å²) in [6, 6.07) is 0. The zero-order valence-electron chi connectivity index (χ0n) is 13.8. The van der Waals surface area contributed by atoms with Gasteiger partial charge in [0.25, 0.3) is 0 Å². The summed E-state index contributed by atoms with van der Waals surface area (Å²) in [5.41, 5.74) is 10.5. The fraction of sp³-hybridized carbons (Fsp3) is 0.812. The molecule has 0 bridgehead atoms. The summed E-state index contributed by atoms with van der Waals surface area (Å²) in [7, 11) is 0. The summed E-state index contributed by atoms with van der Waals surface area (Å²) in [6.45, 7) is 8.88. The van der Waals surface area contributed by atoms with Gasteiger partial charge in [0, 0.05) is 24.8 Å². The molecule has 0 fully saturated rings. The number of carbonyl (C=O) groups excluding carboxylic acids is 2. The summed E-state index contributed by atoms with van der Waals surface area (Å²) in [5.74, 6) is 0.889. The van der Waals surface area contributed by atoms with E-state index in [9.17, 15) is 9.59 Å². The minimum absolute atomic E-state index is 0.0464. The lowest BCUT2D eigenvalue weighted by Crippen LogP contribution is -2.25. The Morgan fingerprint density at radius 1 is 1.19 bits per heavy atom. The predicted molar refractivity (Wildman–Crippen MR) is 86.9 cm³/mol. The fourth-order valence-electron chi connectivity index (χ4n) is 2.47. The van der Waals surface area contributed by atoms with Crippen LogP contribution in [0.25, 0.3) is 0 Å². The molecular formula is C16H31N3O2. The quantitative estimate of drug-likeness (QED) is 0.264. The van der Waals surface area contributed by atoms with E-state index in [2.05, 4.69) is 32.7 Å². The van der Waals surface area contributed by atoms with Gasteiger partial charge in [-0.05, 0) is 31.1 Å². The van der Waals surface area contributed by atoms with Crippen LogP contribution in [-0.4, -0.2) is 24.6 Å². The van der Waals surface area contributed by atoms with Gasteiger partial charge in [-0.2, -0.15) is 0 Å². The fourth-order valence-corrected chi connectivity index (χ4v) is 2.47. The molecule has 2 atom stereocenters. The van der Waals surface area contributed by atoms with Crippen LogP contribution in [0.5, 0.6) is 0 Å². The lowest BCUT2D eigenvalue weighted by molar-refractivity contribution is -0.127. The van der Waals surface area contributed by atoms with Gasteiger partial charge < -0.3 is 16.3 Å². The highest BCUT2D eigenvalue weighted by Crippen LogP contribution is 2.24. The van der Waals surface area contributed by atoms with E-state index in [1.54, 1.807) is 0 Å². The number of guanidine groups is 1. The average Bonchev–Trinajstić information content (AvgIpc) is 2.38. The number of hydrogen-bond donors (Lipinski definition) is 2. The second-order valence-electron chi connectivity index (χ2n) is 6.50. The highest BCUT2D eigenvalue weighted by molar-refractivity contribution is 5.83. The third kappa shape index (κ3) is 9.21. The third-order valence-electron chi connectivity index (χ3n) is 3.63. The molecule has 0 rings (SSSR count). The van der Waals surface area contributed by atoms with Crippen LogP contribution in [0, 0.1) is 23.7 Å². The molecule has 0 saturated carbocycles. The minimum Gasteiger partial charge on any atom is -0.370 e. The summed E-state index contributed by atoms with van der Waals surface area (Å²) in [6.07, 6.45) is 3.47. The van der Waals surface area contributed by atoms with E-state index in [-0.39, 0.29) is 23.6 Å². The van der Waals surface area contributed by atoms with Crippen molar-refractivity contribution in [2.24, 2.45) is 40.1 Å². The van der Waals surface area contributed by atoms with Crippen molar-refractivity contribution in [1.82, 2.24) is 0 Å². The number of aliphatic imine (C=N–C) groups is 1. The molecule has 0 aromatic carbocycles. The molecule has 0 heterocycles. The molecule has 0 aromatic heterocycles. The molecule has 4 N–H and O–H groups in total. The number of ketones is 1. The largest absolute Gasteiger partial charge is 0.370 e. The van der Waals surface area contributed by atoms with Gasteiger partial charge in [-0.3, -0.25) is 9.79 Å². The van der Waals surface area contributed by atoms with Gasteiger partial charge in [-0.25, -0.2) is 0 Å². The smallest absolute Gasteiger partial charge is 0.185 e. The van der Waals surface area contributed by atoms with E-state index >= 15 is 0 Å². The monoisotopic (exact) mass is 297 g/mol. The Morgan fingerprint density at radius 2 is 1.81 bits per heavy atom. The van der Waals surface area contributed by atoms with Crippen molar-refractivity contribution in [3.05, 3.63) is 0 Å². The van der Waals surface area contributed by atoms with Crippen molar-refractivity contribution >= 4 is 18.0 Å². The first-order valence-electron chi connectivity index (χ1n) is 7.81. The maximum absolute atomic E-state index is 12.4. The van der Waals surface area contributed by atoms with Crippen LogP contribution in [0.15, 0.2) is 4.99 Å². The van der Waals surface area contributed by atoms with E-state index in [0.29, 0.717) is 37.6 Å². The summed E-state index contributed by atoms with van der Waals surface area (Å²) in [5, 5.41) is 0. The molecule has 0 aliphatic rings. The second kappa shape index (κ2) is 10.4. The molecule has 5 nitrogen and oxygen atoms in total. The van der Waals surface area contributed by atoms with Gasteiger partial charge in [0.05, 0.1) is 0 Å². The van der Waals surface area contributed by atoms with Gasteiger partial charge in [0.2, 0.25) is 0 Å². The summed E-state index contributed by atoms with van der Waals surface area (Å²) >= 11 is 0. The van der Waals surface area contributed by atoms with Crippen molar-refractivity contribution in [1.29, 1.82) is 0 Å². The van der Waals surface area contributed by atoms with E-state index in [1.165, 1.54) is 0 Å². The molecule has 0 aliphatic carbocycles. The Labute approximate surface area is 128 Å².